The number of aryl methyl sites for hydroxylation is 1. The summed E-state index contributed by atoms with van der Waals surface area (Å²) in [6.07, 6.45) is 0. The largest absolute Gasteiger partial charge is 0.357 e. The second-order valence-electron chi connectivity index (χ2n) is 3.60. The maximum absolute atomic E-state index is 4.33. The van der Waals surface area contributed by atoms with Gasteiger partial charge in [-0.05, 0) is 53.8 Å². The van der Waals surface area contributed by atoms with E-state index in [1.54, 1.807) is 0 Å². The van der Waals surface area contributed by atoms with Crippen LogP contribution >= 0.6 is 22.6 Å². The number of aromatic nitrogens is 2. The zero-order chi connectivity index (χ0) is 12.3. The van der Waals surface area contributed by atoms with Gasteiger partial charge in [-0.1, -0.05) is 0 Å². The lowest BCUT2D eigenvalue weighted by Gasteiger charge is -2.08. The van der Waals surface area contributed by atoms with Crippen molar-refractivity contribution < 1.29 is 0 Å². The molecule has 0 saturated carbocycles. The summed E-state index contributed by atoms with van der Waals surface area (Å²) < 4.78 is 1.21. The van der Waals surface area contributed by atoms with E-state index >= 15 is 0 Å². The molecule has 2 N–H and O–H groups in total. The van der Waals surface area contributed by atoms with Crippen LogP contribution in [0.5, 0.6) is 0 Å². The molecule has 0 aliphatic rings. The van der Waals surface area contributed by atoms with Crippen LogP contribution in [0.1, 0.15) is 5.69 Å². The summed E-state index contributed by atoms with van der Waals surface area (Å²) in [4.78, 5) is 8.58. The van der Waals surface area contributed by atoms with Gasteiger partial charge < -0.3 is 10.6 Å². The fourth-order valence-electron chi connectivity index (χ4n) is 1.43. The first kappa shape index (κ1) is 12.1. The van der Waals surface area contributed by atoms with Crippen LogP contribution in [0.25, 0.3) is 0 Å². The standard InChI is InChI=1S/C12H13IN4/c1-8-7-11(17-12(14-2)15-8)16-10-5-3-9(13)4-6-10/h3-7H,1-2H3,(H2,14,15,16,17). The Balaban J connectivity index is 2.23. The molecule has 2 rings (SSSR count). The van der Waals surface area contributed by atoms with Crippen LogP contribution in [0.2, 0.25) is 0 Å². The summed E-state index contributed by atoms with van der Waals surface area (Å²) in [7, 11) is 1.81. The van der Waals surface area contributed by atoms with Crippen LogP contribution in [0.3, 0.4) is 0 Å². The van der Waals surface area contributed by atoms with Crippen LogP contribution in [-0.2, 0) is 0 Å². The number of nitrogens with one attached hydrogen (secondary N) is 2. The lowest BCUT2D eigenvalue weighted by atomic mass is 10.3. The smallest absolute Gasteiger partial charge is 0.224 e. The number of rotatable bonds is 3. The van der Waals surface area contributed by atoms with E-state index in [9.17, 15) is 0 Å². The molecule has 17 heavy (non-hydrogen) atoms. The van der Waals surface area contributed by atoms with Crippen LogP contribution in [0.4, 0.5) is 17.5 Å². The molecule has 1 heterocycles. The fraction of sp³-hybridized carbons (Fsp3) is 0.167. The first-order valence-electron chi connectivity index (χ1n) is 5.23. The fourth-order valence-corrected chi connectivity index (χ4v) is 1.79. The Kier molecular flexibility index (Phi) is 3.78. The van der Waals surface area contributed by atoms with Crippen LogP contribution in [0.15, 0.2) is 30.3 Å². The quantitative estimate of drug-likeness (QED) is 0.843. The molecule has 0 spiro atoms. The third-order valence-electron chi connectivity index (χ3n) is 2.19. The first-order valence-corrected chi connectivity index (χ1v) is 6.31. The first-order chi connectivity index (χ1) is 8.17. The Hall–Kier alpha value is -1.37. The number of benzene rings is 1. The second kappa shape index (κ2) is 5.31. The molecule has 0 fully saturated rings. The minimum Gasteiger partial charge on any atom is -0.357 e. The zero-order valence-electron chi connectivity index (χ0n) is 9.66. The van der Waals surface area contributed by atoms with E-state index < -0.39 is 0 Å². The molecule has 4 nitrogen and oxygen atoms in total. The van der Waals surface area contributed by atoms with Gasteiger partial charge in [-0.3, -0.25) is 0 Å². The highest BCUT2D eigenvalue weighted by atomic mass is 127. The van der Waals surface area contributed by atoms with Crippen molar-refractivity contribution in [1.29, 1.82) is 0 Å². The maximum Gasteiger partial charge on any atom is 0.224 e. The lowest BCUT2D eigenvalue weighted by Crippen LogP contribution is -2.01. The molecule has 0 aliphatic heterocycles. The van der Waals surface area contributed by atoms with E-state index in [0.717, 1.165) is 17.2 Å². The molecular weight excluding hydrogens is 327 g/mol. The molecule has 1 aromatic carbocycles. The third kappa shape index (κ3) is 3.29. The molecular formula is C12H13IN4. The molecule has 0 unspecified atom stereocenters. The summed E-state index contributed by atoms with van der Waals surface area (Å²) in [6.45, 7) is 1.95. The van der Waals surface area contributed by atoms with Crippen molar-refractivity contribution in [2.45, 2.75) is 6.92 Å². The maximum atomic E-state index is 4.33. The monoisotopic (exact) mass is 340 g/mol. The molecule has 88 valence electrons. The lowest BCUT2D eigenvalue weighted by molar-refractivity contribution is 1.10. The number of hydrogen-bond acceptors (Lipinski definition) is 4. The van der Waals surface area contributed by atoms with Gasteiger partial charge in [-0.2, -0.15) is 4.98 Å². The van der Waals surface area contributed by atoms with Gasteiger partial charge >= 0.3 is 0 Å². The third-order valence-corrected chi connectivity index (χ3v) is 2.91. The Morgan fingerprint density at radius 2 is 1.82 bits per heavy atom. The average molecular weight is 340 g/mol. The van der Waals surface area contributed by atoms with Gasteiger partial charge in [-0.25, -0.2) is 4.98 Å². The minimum atomic E-state index is 0.623. The van der Waals surface area contributed by atoms with E-state index in [4.69, 9.17) is 0 Å². The molecule has 0 radical (unpaired) electrons. The summed E-state index contributed by atoms with van der Waals surface area (Å²) in [6, 6.07) is 10.1. The highest BCUT2D eigenvalue weighted by Gasteiger charge is 2.01. The van der Waals surface area contributed by atoms with Gasteiger partial charge in [0.25, 0.3) is 0 Å². The van der Waals surface area contributed by atoms with Crippen molar-refractivity contribution in [2.24, 2.45) is 0 Å². The number of nitrogens with zero attached hydrogens (tertiary/aromatic N) is 2. The highest BCUT2D eigenvalue weighted by Crippen LogP contribution is 2.17. The summed E-state index contributed by atoms with van der Waals surface area (Å²) in [5.74, 6) is 1.42. The Morgan fingerprint density at radius 1 is 1.12 bits per heavy atom. The summed E-state index contributed by atoms with van der Waals surface area (Å²) >= 11 is 2.28. The molecule has 0 atom stereocenters. The molecule has 0 amide bonds. The summed E-state index contributed by atoms with van der Waals surface area (Å²) in [5, 5.41) is 6.19. The summed E-state index contributed by atoms with van der Waals surface area (Å²) in [5.41, 5.74) is 1.95. The van der Waals surface area contributed by atoms with Crippen molar-refractivity contribution >= 4 is 40.0 Å². The zero-order valence-corrected chi connectivity index (χ0v) is 11.8. The van der Waals surface area contributed by atoms with Gasteiger partial charge in [0.2, 0.25) is 5.95 Å². The van der Waals surface area contributed by atoms with Crippen molar-refractivity contribution in [3.8, 4) is 0 Å². The van der Waals surface area contributed by atoms with E-state index in [2.05, 4.69) is 55.3 Å². The minimum absolute atomic E-state index is 0.623. The van der Waals surface area contributed by atoms with E-state index in [1.165, 1.54) is 3.57 Å². The van der Waals surface area contributed by atoms with Crippen molar-refractivity contribution in [3.63, 3.8) is 0 Å². The van der Waals surface area contributed by atoms with E-state index in [0.29, 0.717) is 5.95 Å². The van der Waals surface area contributed by atoms with Gasteiger partial charge in [0.05, 0.1) is 0 Å². The Morgan fingerprint density at radius 3 is 2.47 bits per heavy atom. The second-order valence-corrected chi connectivity index (χ2v) is 4.85. The molecule has 0 aliphatic carbocycles. The SMILES string of the molecule is CNc1nc(C)cc(Nc2ccc(I)cc2)n1. The van der Waals surface area contributed by atoms with E-state index in [-0.39, 0.29) is 0 Å². The van der Waals surface area contributed by atoms with Crippen molar-refractivity contribution in [3.05, 3.63) is 39.6 Å². The van der Waals surface area contributed by atoms with Gasteiger partial charge in [0.15, 0.2) is 0 Å². The van der Waals surface area contributed by atoms with Gasteiger partial charge in [0, 0.05) is 28.1 Å². The van der Waals surface area contributed by atoms with Crippen molar-refractivity contribution in [1.82, 2.24) is 9.97 Å². The van der Waals surface area contributed by atoms with Gasteiger partial charge in [-0.15, -0.1) is 0 Å². The molecule has 5 heteroatoms. The molecule has 0 bridgehead atoms. The van der Waals surface area contributed by atoms with E-state index in [1.807, 2.05) is 32.2 Å². The normalized spacial score (nSPS) is 10.1. The predicted molar refractivity (Wildman–Crippen MR) is 78.8 cm³/mol. The van der Waals surface area contributed by atoms with Crippen LogP contribution in [-0.4, -0.2) is 17.0 Å². The van der Waals surface area contributed by atoms with Crippen molar-refractivity contribution in [2.75, 3.05) is 17.7 Å². The number of halogens is 1. The Bertz CT molecular complexity index is 510. The van der Waals surface area contributed by atoms with Crippen LogP contribution in [0, 0.1) is 10.5 Å². The Labute approximate surface area is 114 Å². The molecule has 0 saturated heterocycles. The van der Waals surface area contributed by atoms with Gasteiger partial charge in [0.1, 0.15) is 5.82 Å². The number of hydrogen-bond donors (Lipinski definition) is 2. The van der Waals surface area contributed by atoms with Crippen LogP contribution < -0.4 is 10.6 Å². The average Bonchev–Trinajstić information content (AvgIpc) is 2.31. The molecule has 1 aromatic heterocycles. The highest BCUT2D eigenvalue weighted by molar-refractivity contribution is 14.1. The number of anilines is 3. The predicted octanol–water partition coefficient (Wildman–Crippen LogP) is 3.17. The topological polar surface area (TPSA) is 49.8 Å². The molecule has 2 aromatic rings.